The average molecular weight is 308 g/mol. The molecule has 1 heterocycles. The highest BCUT2D eigenvalue weighted by molar-refractivity contribution is 6.32. The van der Waals surface area contributed by atoms with E-state index < -0.39 is 0 Å². The number of ether oxygens (including phenoxy) is 1. The van der Waals surface area contributed by atoms with E-state index in [1.54, 1.807) is 6.07 Å². The number of carbonyl (C=O) groups excluding carboxylic acids is 1. The lowest BCUT2D eigenvalue weighted by atomic mass is 10.1. The van der Waals surface area contributed by atoms with E-state index in [-0.39, 0.29) is 5.97 Å². The molecule has 0 amide bonds. The fourth-order valence-electron chi connectivity index (χ4n) is 2.45. The van der Waals surface area contributed by atoms with E-state index in [9.17, 15) is 10.1 Å². The van der Waals surface area contributed by atoms with Crippen molar-refractivity contribution < 1.29 is 9.53 Å². The van der Waals surface area contributed by atoms with Crippen molar-refractivity contribution in [3.63, 3.8) is 0 Å². The van der Waals surface area contributed by atoms with Crippen LogP contribution in [0.25, 0.3) is 0 Å². The minimum atomic E-state index is -0.181. The molecule has 5 nitrogen and oxygen atoms in total. The SMILES string of the molecule is COC(=O)CCN1CCN(c2cccc(Cl)c2C#N)CC1. The van der Waals surface area contributed by atoms with E-state index >= 15 is 0 Å². The van der Waals surface area contributed by atoms with Crippen LogP contribution >= 0.6 is 11.6 Å². The van der Waals surface area contributed by atoms with Crippen LogP contribution < -0.4 is 4.90 Å². The largest absolute Gasteiger partial charge is 0.469 e. The number of halogens is 1. The molecule has 112 valence electrons. The maximum atomic E-state index is 11.2. The molecule has 2 rings (SSSR count). The van der Waals surface area contributed by atoms with Crippen molar-refractivity contribution >= 4 is 23.3 Å². The molecule has 0 saturated carbocycles. The van der Waals surface area contributed by atoms with Gasteiger partial charge in [-0.1, -0.05) is 17.7 Å². The van der Waals surface area contributed by atoms with E-state index in [0.717, 1.165) is 31.9 Å². The van der Waals surface area contributed by atoms with Gasteiger partial charge in [-0.25, -0.2) is 0 Å². The molecule has 0 radical (unpaired) electrons. The van der Waals surface area contributed by atoms with Crippen LogP contribution in [0, 0.1) is 11.3 Å². The maximum absolute atomic E-state index is 11.2. The first-order chi connectivity index (χ1) is 10.2. The van der Waals surface area contributed by atoms with Gasteiger partial charge < -0.3 is 9.64 Å². The molecule has 0 unspecified atom stereocenters. The molecule has 1 aromatic rings. The summed E-state index contributed by atoms with van der Waals surface area (Å²) in [5, 5.41) is 9.72. The molecule has 1 aliphatic rings. The molecule has 0 atom stereocenters. The predicted molar refractivity (Wildman–Crippen MR) is 81.5 cm³/mol. The van der Waals surface area contributed by atoms with Crippen molar-refractivity contribution in [1.29, 1.82) is 5.26 Å². The number of hydrogen-bond donors (Lipinski definition) is 0. The molecule has 0 aromatic heterocycles. The predicted octanol–water partition coefficient (Wildman–Crippen LogP) is 1.90. The van der Waals surface area contributed by atoms with Gasteiger partial charge in [0.25, 0.3) is 0 Å². The molecule has 0 spiro atoms. The van der Waals surface area contributed by atoms with Gasteiger partial charge >= 0.3 is 5.97 Å². The molecular weight excluding hydrogens is 290 g/mol. The van der Waals surface area contributed by atoms with Gasteiger partial charge in [-0.2, -0.15) is 5.26 Å². The minimum absolute atomic E-state index is 0.181. The number of hydrogen-bond acceptors (Lipinski definition) is 5. The summed E-state index contributed by atoms with van der Waals surface area (Å²) in [6, 6.07) is 7.69. The first kappa shape index (κ1) is 15.6. The summed E-state index contributed by atoms with van der Waals surface area (Å²) in [4.78, 5) is 15.5. The molecule has 6 heteroatoms. The standard InChI is InChI=1S/C15H18ClN3O2/c1-21-15(20)5-6-18-7-9-19(10-8-18)14-4-2-3-13(16)12(14)11-17/h2-4H,5-10H2,1H3. The lowest BCUT2D eigenvalue weighted by molar-refractivity contribution is -0.141. The van der Waals surface area contributed by atoms with Crippen molar-refractivity contribution in [2.45, 2.75) is 6.42 Å². The first-order valence-electron chi connectivity index (χ1n) is 6.88. The second-order valence-corrected chi connectivity index (χ2v) is 5.31. The zero-order chi connectivity index (χ0) is 15.2. The normalized spacial score (nSPS) is 15.6. The van der Waals surface area contributed by atoms with E-state index in [4.69, 9.17) is 11.6 Å². The zero-order valence-electron chi connectivity index (χ0n) is 12.0. The van der Waals surface area contributed by atoms with Gasteiger partial charge in [0.1, 0.15) is 6.07 Å². The molecule has 0 aliphatic carbocycles. The minimum Gasteiger partial charge on any atom is -0.469 e. The van der Waals surface area contributed by atoms with Crippen molar-refractivity contribution in [3.05, 3.63) is 28.8 Å². The van der Waals surface area contributed by atoms with Crippen LogP contribution in [0.1, 0.15) is 12.0 Å². The summed E-state index contributed by atoms with van der Waals surface area (Å²) in [5.74, 6) is -0.181. The van der Waals surface area contributed by atoms with Gasteiger partial charge in [0.15, 0.2) is 0 Å². The number of carbonyl (C=O) groups is 1. The summed E-state index contributed by atoms with van der Waals surface area (Å²) in [6.45, 7) is 4.05. The van der Waals surface area contributed by atoms with Crippen molar-refractivity contribution in [2.24, 2.45) is 0 Å². The molecule has 1 saturated heterocycles. The summed E-state index contributed by atoms with van der Waals surface area (Å²) in [7, 11) is 1.41. The second-order valence-electron chi connectivity index (χ2n) is 4.90. The summed E-state index contributed by atoms with van der Waals surface area (Å²) >= 11 is 6.07. The Morgan fingerprint density at radius 1 is 1.38 bits per heavy atom. The Morgan fingerprint density at radius 3 is 2.71 bits per heavy atom. The molecular formula is C15H18ClN3O2. The monoisotopic (exact) mass is 307 g/mol. The molecule has 1 aromatic carbocycles. The first-order valence-corrected chi connectivity index (χ1v) is 7.26. The van der Waals surface area contributed by atoms with E-state index in [0.29, 0.717) is 23.6 Å². The Morgan fingerprint density at radius 2 is 2.10 bits per heavy atom. The van der Waals surface area contributed by atoms with Crippen LogP contribution in [-0.4, -0.2) is 50.7 Å². The van der Waals surface area contributed by atoms with Crippen LogP contribution in [0.15, 0.2) is 18.2 Å². The number of rotatable bonds is 4. The molecule has 1 aliphatic heterocycles. The van der Waals surface area contributed by atoms with Gasteiger partial charge in [0, 0.05) is 32.7 Å². The van der Waals surface area contributed by atoms with Crippen LogP contribution in [0.2, 0.25) is 5.02 Å². The van der Waals surface area contributed by atoms with Gasteiger partial charge in [0.2, 0.25) is 0 Å². The highest BCUT2D eigenvalue weighted by Gasteiger charge is 2.20. The number of methoxy groups -OCH3 is 1. The number of piperazine rings is 1. The van der Waals surface area contributed by atoms with Gasteiger partial charge in [0.05, 0.1) is 29.8 Å². The van der Waals surface area contributed by atoms with Crippen LogP contribution in [0.5, 0.6) is 0 Å². The number of benzene rings is 1. The Kier molecular flexibility index (Phi) is 5.43. The fraction of sp³-hybridized carbons (Fsp3) is 0.467. The average Bonchev–Trinajstić information content (AvgIpc) is 2.52. The van der Waals surface area contributed by atoms with E-state index in [2.05, 4.69) is 20.6 Å². The third kappa shape index (κ3) is 3.87. The number of anilines is 1. The quantitative estimate of drug-likeness (QED) is 0.795. The second kappa shape index (κ2) is 7.30. The smallest absolute Gasteiger partial charge is 0.306 e. The Hall–Kier alpha value is -1.77. The van der Waals surface area contributed by atoms with Crippen molar-refractivity contribution in [1.82, 2.24) is 4.90 Å². The topological polar surface area (TPSA) is 56.6 Å². The highest BCUT2D eigenvalue weighted by atomic mass is 35.5. The number of nitriles is 1. The van der Waals surface area contributed by atoms with Gasteiger partial charge in [-0.05, 0) is 12.1 Å². The summed E-state index contributed by atoms with van der Waals surface area (Å²) in [5.41, 5.74) is 1.42. The molecule has 1 fully saturated rings. The number of esters is 1. The highest BCUT2D eigenvalue weighted by Crippen LogP contribution is 2.27. The van der Waals surface area contributed by atoms with E-state index in [1.165, 1.54) is 7.11 Å². The number of nitrogens with zero attached hydrogens (tertiary/aromatic N) is 3. The van der Waals surface area contributed by atoms with Crippen molar-refractivity contribution in [2.75, 3.05) is 44.7 Å². The molecule has 21 heavy (non-hydrogen) atoms. The van der Waals surface area contributed by atoms with Crippen molar-refractivity contribution in [3.8, 4) is 6.07 Å². The summed E-state index contributed by atoms with van der Waals surface area (Å²) in [6.07, 6.45) is 0.414. The third-order valence-electron chi connectivity index (χ3n) is 3.68. The Labute approximate surface area is 129 Å². The lowest BCUT2D eigenvalue weighted by Crippen LogP contribution is -2.47. The zero-order valence-corrected chi connectivity index (χ0v) is 12.8. The van der Waals surface area contributed by atoms with Crippen LogP contribution in [0.4, 0.5) is 5.69 Å². The lowest BCUT2D eigenvalue weighted by Gasteiger charge is -2.36. The Balaban J connectivity index is 1.94. The third-order valence-corrected chi connectivity index (χ3v) is 3.99. The fourth-order valence-corrected chi connectivity index (χ4v) is 2.66. The molecule has 0 bridgehead atoms. The van der Waals surface area contributed by atoms with Gasteiger partial charge in [-0.15, -0.1) is 0 Å². The maximum Gasteiger partial charge on any atom is 0.306 e. The van der Waals surface area contributed by atoms with Gasteiger partial charge in [-0.3, -0.25) is 9.69 Å². The van der Waals surface area contributed by atoms with Crippen LogP contribution in [-0.2, 0) is 9.53 Å². The molecule has 0 N–H and O–H groups in total. The van der Waals surface area contributed by atoms with Crippen LogP contribution in [0.3, 0.4) is 0 Å². The Bertz CT molecular complexity index is 548. The summed E-state index contributed by atoms with van der Waals surface area (Å²) < 4.78 is 4.65. The van der Waals surface area contributed by atoms with E-state index in [1.807, 2.05) is 12.1 Å².